The van der Waals surface area contributed by atoms with Gasteiger partial charge in [-0.1, -0.05) is 30.3 Å². The summed E-state index contributed by atoms with van der Waals surface area (Å²) in [5, 5.41) is 9.06. The minimum absolute atomic E-state index is 0.0730. The molecule has 1 aromatic carbocycles. The number of carbonyl (C=O) groups is 3. The second-order valence-electron chi connectivity index (χ2n) is 7.21. The highest BCUT2D eigenvalue weighted by Gasteiger charge is 2.28. The molecule has 8 heteroatoms. The van der Waals surface area contributed by atoms with E-state index in [9.17, 15) is 14.4 Å². The lowest BCUT2D eigenvalue weighted by atomic mass is 9.97. The van der Waals surface area contributed by atoms with Gasteiger partial charge in [-0.15, -0.1) is 0 Å². The van der Waals surface area contributed by atoms with Gasteiger partial charge in [-0.3, -0.25) is 14.4 Å². The second-order valence-corrected chi connectivity index (χ2v) is 7.21. The molecule has 0 unspecified atom stereocenters. The van der Waals surface area contributed by atoms with Crippen LogP contribution in [0, 0.1) is 12.8 Å². The van der Waals surface area contributed by atoms with Crippen LogP contribution in [0.2, 0.25) is 0 Å². The van der Waals surface area contributed by atoms with E-state index in [1.165, 1.54) is 11.1 Å². The standard InChI is InChI=1S/C21H24N4O4/c1-14-17(12-22-19(23-14)15-6-4-3-5-7-15)20(27)24(2)13-18(26)25-10-8-16(9-11-25)21(28)29/h3-7,12,16H,8-11,13H2,1-2H3,(H,28,29). The molecule has 152 valence electrons. The highest BCUT2D eigenvalue weighted by molar-refractivity contribution is 5.97. The van der Waals surface area contributed by atoms with Gasteiger partial charge in [0.05, 0.1) is 23.7 Å². The number of aromatic nitrogens is 2. The molecule has 0 aliphatic carbocycles. The van der Waals surface area contributed by atoms with Crippen LogP contribution in [0.4, 0.5) is 0 Å². The summed E-state index contributed by atoms with van der Waals surface area (Å²) in [4.78, 5) is 48.0. The Kier molecular flexibility index (Phi) is 6.21. The van der Waals surface area contributed by atoms with Crippen LogP contribution in [0.15, 0.2) is 36.5 Å². The summed E-state index contributed by atoms with van der Waals surface area (Å²) in [6.45, 7) is 2.46. The number of carboxylic acid groups (broad SMARTS) is 1. The zero-order valence-corrected chi connectivity index (χ0v) is 16.5. The Hall–Kier alpha value is -3.29. The molecule has 1 saturated heterocycles. The van der Waals surface area contributed by atoms with Crippen molar-refractivity contribution in [2.45, 2.75) is 19.8 Å². The summed E-state index contributed by atoms with van der Waals surface area (Å²) in [5.41, 5.74) is 1.76. The van der Waals surface area contributed by atoms with Crippen LogP contribution in [0.1, 0.15) is 28.9 Å². The van der Waals surface area contributed by atoms with Crippen molar-refractivity contribution in [3.8, 4) is 11.4 Å². The predicted octanol–water partition coefficient (Wildman–Crippen LogP) is 1.85. The first kappa shape index (κ1) is 20.4. The van der Waals surface area contributed by atoms with E-state index in [-0.39, 0.29) is 18.4 Å². The van der Waals surface area contributed by atoms with Gasteiger partial charge in [0.1, 0.15) is 0 Å². The molecule has 1 aliphatic heterocycles. The minimum atomic E-state index is -0.821. The van der Waals surface area contributed by atoms with E-state index < -0.39 is 11.9 Å². The molecule has 1 aliphatic rings. The lowest BCUT2D eigenvalue weighted by Gasteiger charge is -2.31. The number of likely N-dealkylation sites (N-methyl/N-ethyl adjacent to an activating group) is 1. The molecule has 2 heterocycles. The van der Waals surface area contributed by atoms with Crippen molar-refractivity contribution in [3.05, 3.63) is 47.8 Å². The Labute approximate surface area is 169 Å². The van der Waals surface area contributed by atoms with E-state index in [0.717, 1.165) is 5.56 Å². The summed E-state index contributed by atoms with van der Waals surface area (Å²) in [7, 11) is 1.56. The summed E-state index contributed by atoms with van der Waals surface area (Å²) in [6.07, 6.45) is 2.37. The first-order valence-electron chi connectivity index (χ1n) is 9.52. The first-order valence-corrected chi connectivity index (χ1v) is 9.52. The predicted molar refractivity (Wildman–Crippen MR) is 106 cm³/mol. The maximum Gasteiger partial charge on any atom is 0.306 e. The molecule has 0 saturated carbocycles. The molecule has 0 atom stereocenters. The molecule has 8 nitrogen and oxygen atoms in total. The summed E-state index contributed by atoms with van der Waals surface area (Å²) in [5.74, 6) is -1.19. The van der Waals surface area contributed by atoms with Gasteiger partial charge in [0.15, 0.2) is 5.82 Å². The van der Waals surface area contributed by atoms with E-state index in [0.29, 0.717) is 43.0 Å². The van der Waals surface area contributed by atoms with E-state index in [1.54, 1.807) is 18.9 Å². The van der Waals surface area contributed by atoms with Gasteiger partial charge in [-0.2, -0.15) is 0 Å². The third kappa shape index (κ3) is 4.77. The average Bonchev–Trinajstić information content (AvgIpc) is 2.73. The number of piperidine rings is 1. The number of nitrogens with zero attached hydrogens (tertiary/aromatic N) is 4. The lowest BCUT2D eigenvalue weighted by Crippen LogP contribution is -2.45. The molecular weight excluding hydrogens is 372 g/mol. The van der Waals surface area contributed by atoms with Crippen molar-refractivity contribution in [3.63, 3.8) is 0 Å². The Bertz CT molecular complexity index is 908. The molecule has 3 rings (SSSR count). The minimum Gasteiger partial charge on any atom is -0.481 e. The average molecular weight is 396 g/mol. The molecule has 2 aromatic rings. The largest absolute Gasteiger partial charge is 0.481 e. The van der Waals surface area contributed by atoms with Crippen LogP contribution in [0.5, 0.6) is 0 Å². The summed E-state index contributed by atoms with van der Waals surface area (Å²) < 4.78 is 0. The molecule has 1 fully saturated rings. The van der Waals surface area contributed by atoms with Gasteiger partial charge in [0.2, 0.25) is 5.91 Å². The molecule has 0 radical (unpaired) electrons. The zero-order chi connectivity index (χ0) is 21.0. The smallest absolute Gasteiger partial charge is 0.306 e. The van der Waals surface area contributed by atoms with E-state index in [1.807, 2.05) is 30.3 Å². The van der Waals surface area contributed by atoms with Crippen LogP contribution in [0.25, 0.3) is 11.4 Å². The van der Waals surface area contributed by atoms with Crippen molar-refractivity contribution in [2.24, 2.45) is 5.92 Å². The molecule has 0 bridgehead atoms. The lowest BCUT2D eigenvalue weighted by molar-refractivity contribution is -0.145. The fourth-order valence-corrected chi connectivity index (χ4v) is 3.36. The molecule has 1 N–H and O–H groups in total. The third-order valence-electron chi connectivity index (χ3n) is 5.16. The number of aliphatic carboxylic acids is 1. The third-order valence-corrected chi connectivity index (χ3v) is 5.16. The number of aryl methyl sites for hydroxylation is 1. The number of rotatable bonds is 5. The maximum absolute atomic E-state index is 12.8. The van der Waals surface area contributed by atoms with E-state index >= 15 is 0 Å². The molecule has 1 aromatic heterocycles. The quantitative estimate of drug-likeness (QED) is 0.827. The molecular formula is C21H24N4O4. The monoisotopic (exact) mass is 396 g/mol. The van der Waals surface area contributed by atoms with Crippen molar-refractivity contribution in [1.82, 2.24) is 19.8 Å². The number of hydrogen-bond donors (Lipinski definition) is 1. The van der Waals surface area contributed by atoms with Crippen LogP contribution < -0.4 is 0 Å². The fraction of sp³-hybridized carbons (Fsp3) is 0.381. The van der Waals surface area contributed by atoms with Crippen LogP contribution in [0.3, 0.4) is 0 Å². The number of hydrogen-bond acceptors (Lipinski definition) is 5. The number of likely N-dealkylation sites (tertiary alicyclic amines) is 1. The van der Waals surface area contributed by atoms with Gasteiger partial charge in [-0.25, -0.2) is 9.97 Å². The Balaban J connectivity index is 1.63. The first-order chi connectivity index (χ1) is 13.9. The topological polar surface area (TPSA) is 104 Å². The maximum atomic E-state index is 12.8. The Morgan fingerprint density at radius 2 is 1.83 bits per heavy atom. The Morgan fingerprint density at radius 3 is 2.41 bits per heavy atom. The van der Waals surface area contributed by atoms with Gasteiger partial charge in [0, 0.05) is 31.9 Å². The molecule has 0 spiro atoms. The van der Waals surface area contributed by atoms with E-state index in [4.69, 9.17) is 5.11 Å². The molecule has 29 heavy (non-hydrogen) atoms. The van der Waals surface area contributed by atoms with Crippen molar-refractivity contribution in [2.75, 3.05) is 26.7 Å². The normalized spacial score (nSPS) is 14.5. The van der Waals surface area contributed by atoms with Crippen molar-refractivity contribution in [1.29, 1.82) is 0 Å². The van der Waals surface area contributed by atoms with Gasteiger partial charge >= 0.3 is 5.97 Å². The zero-order valence-electron chi connectivity index (χ0n) is 16.5. The van der Waals surface area contributed by atoms with Crippen molar-refractivity contribution < 1.29 is 19.5 Å². The summed E-state index contributed by atoms with van der Waals surface area (Å²) in [6, 6.07) is 9.49. The highest BCUT2D eigenvalue weighted by Crippen LogP contribution is 2.19. The number of amides is 2. The van der Waals surface area contributed by atoms with Gasteiger partial charge < -0.3 is 14.9 Å². The summed E-state index contributed by atoms with van der Waals surface area (Å²) >= 11 is 0. The second kappa shape index (κ2) is 8.81. The number of benzene rings is 1. The van der Waals surface area contributed by atoms with Crippen LogP contribution >= 0.6 is 0 Å². The van der Waals surface area contributed by atoms with Crippen LogP contribution in [-0.2, 0) is 9.59 Å². The van der Waals surface area contributed by atoms with Crippen molar-refractivity contribution >= 4 is 17.8 Å². The number of carbonyl (C=O) groups excluding carboxylic acids is 2. The molecule has 2 amide bonds. The SMILES string of the molecule is Cc1nc(-c2ccccc2)ncc1C(=O)N(C)CC(=O)N1CCC(C(=O)O)CC1. The van der Waals surface area contributed by atoms with Gasteiger partial charge in [-0.05, 0) is 19.8 Å². The van der Waals surface area contributed by atoms with E-state index in [2.05, 4.69) is 9.97 Å². The fourth-order valence-electron chi connectivity index (χ4n) is 3.36. The Morgan fingerprint density at radius 1 is 1.17 bits per heavy atom. The highest BCUT2D eigenvalue weighted by atomic mass is 16.4. The number of carboxylic acids is 1. The van der Waals surface area contributed by atoms with Crippen LogP contribution in [-0.4, -0.2) is 69.3 Å². The van der Waals surface area contributed by atoms with Gasteiger partial charge in [0.25, 0.3) is 5.91 Å².